The Kier molecular flexibility index (Phi) is 3.39. The second-order valence-corrected chi connectivity index (χ2v) is 7.72. The highest BCUT2D eigenvalue weighted by molar-refractivity contribution is 5.95. The van der Waals surface area contributed by atoms with Crippen molar-refractivity contribution in [1.29, 1.82) is 0 Å². The van der Waals surface area contributed by atoms with E-state index >= 15 is 0 Å². The zero-order valence-corrected chi connectivity index (χ0v) is 13.3. The molecule has 4 bridgehead atoms. The second-order valence-electron chi connectivity index (χ2n) is 7.72. The highest BCUT2D eigenvalue weighted by Gasteiger charge is 2.51. The average Bonchev–Trinajstić information content (AvgIpc) is 2.73. The van der Waals surface area contributed by atoms with Gasteiger partial charge >= 0.3 is 0 Å². The summed E-state index contributed by atoms with van der Waals surface area (Å²) in [5, 5.41) is 3.18. The molecule has 3 heteroatoms. The van der Waals surface area contributed by atoms with Crippen LogP contribution in [0.4, 0.5) is 5.69 Å². The van der Waals surface area contributed by atoms with E-state index in [-0.39, 0.29) is 11.3 Å². The maximum atomic E-state index is 13.0. The number of carbonyl (C=O) groups excluding carboxylic acids is 1. The summed E-state index contributed by atoms with van der Waals surface area (Å²) in [5.74, 6) is 3.56. The minimum atomic E-state index is -0.0985. The Morgan fingerprint density at radius 1 is 1.09 bits per heavy atom. The van der Waals surface area contributed by atoms with Crippen molar-refractivity contribution >= 4 is 11.6 Å². The molecule has 0 heterocycles. The molecule has 22 heavy (non-hydrogen) atoms. The van der Waals surface area contributed by atoms with E-state index in [1.54, 1.807) is 7.11 Å². The Morgan fingerprint density at radius 3 is 2.36 bits per heavy atom. The van der Waals surface area contributed by atoms with Crippen molar-refractivity contribution in [2.45, 2.75) is 44.9 Å². The molecule has 118 valence electrons. The SMILES string of the molecule is COc1ccc(NC(=O)C23CCC4C[C@H](C[C@@H](C4)C2)C3)cc1. The first-order chi connectivity index (χ1) is 10.7. The first kappa shape index (κ1) is 14.1. The molecule has 4 fully saturated rings. The van der Waals surface area contributed by atoms with E-state index in [0.29, 0.717) is 0 Å². The summed E-state index contributed by atoms with van der Waals surface area (Å²) in [4.78, 5) is 13.0. The van der Waals surface area contributed by atoms with Crippen molar-refractivity contribution in [3.63, 3.8) is 0 Å². The van der Waals surface area contributed by atoms with Crippen LogP contribution in [0, 0.1) is 23.2 Å². The first-order valence-corrected chi connectivity index (χ1v) is 8.62. The van der Waals surface area contributed by atoms with Gasteiger partial charge in [-0.1, -0.05) is 0 Å². The number of anilines is 1. The van der Waals surface area contributed by atoms with Crippen molar-refractivity contribution in [3.8, 4) is 5.75 Å². The third-order valence-electron chi connectivity index (χ3n) is 6.22. The van der Waals surface area contributed by atoms with Gasteiger partial charge in [-0.15, -0.1) is 0 Å². The minimum absolute atomic E-state index is 0.0985. The van der Waals surface area contributed by atoms with Crippen LogP contribution < -0.4 is 10.1 Å². The Bertz CT molecular complexity index is 551. The van der Waals surface area contributed by atoms with Gasteiger partial charge in [-0.05, 0) is 87.0 Å². The summed E-state index contributed by atoms with van der Waals surface area (Å²) in [7, 11) is 1.66. The molecule has 3 nitrogen and oxygen atoms in total. The monoisotopic (exact) mass is 299 g/mol. The molecule has 1 aromatic carbocycles. The Hall–Kier alpha value is -1.51. The second kappa shape index (κ2) is 5.29. The van der Waals surface area contributed by atoms with Crippen LogP contribution >= 0.6 is 0 Å². The highest BCUT2D eigenvalue weighted by atomic mass is 16.5. The van der Waals surface area contributed by atoms with Gasteiger partial charge in [-0.25, -0.2) is 0 Å². The quantitative estimate of drug-likeness (QED) is 0.906. The summed E-state index contributed by atoms with van der Waals surface area (Å²) >= 11 is 0. The van der Waals surface area contributed by atoms with Gasteiger partial charge < -0.3 is 10.1 Å². The molecule has 0 spiro atoms. The summed E-state index contributed by atoms with van der Waals surface area (Å²) in [5.41, 5.74) is 0.789. The van der Waals surface area contributed by atoms with Crippen LogP contribution in [0.3, 0.4) is 0 Å². The summed E-state index contributed by atoms with van der Waals surface area (Å²) < 4.78 is 5.18. The lowest BCUT2D eigenvalue weighted by molar-refractivity contribution is -0.130. The van der Waals surface area contributed by atoms with E-state index in [4.69, 9.17) is 4.74 Å². The molecule has 4 aliphatic carbocycles. The molecule has 0 radical (unpaired) electrons. The van der Waals surface area contributed by atoms with Gasteiger partial charge in [0.2, 0.25) is 5.91 Å². The smallest absolute Gasteiger partial charge is 0.230 e. The summed E-state index contributed by atoms with van der Waals surface area (Å²) in [6.07, 6.45) is 8.68. The van der Waals surface area contributed by atoms with E-state index in [9.17, 15) is 4.79 Å². The van der Waals surface area contributed by atoms with Gasteiger partial charge in [0.05, 0.1) is 12.5 Å². The fourth-order valence-corrected chi connectivity index (χ4v) is 5.38. The average molecular weight is 299 g/mol. The third kappa shape index (κ3) is 2.41. The normalized spacial score (nSPS) is 36.0. The number of benzene rings is 1. The molecule has 5 rings (SSSR count). The van der Waals surface area contributed by atoms with Crippen LogP contribution in [0.25, 0.3) is 0 Å². The number of nitrogens with one attached hydrogen (secondary N) is 1. The molecule has 4 aliphatic rings. The molecule has 0 aromatic heterocycles. The van der Waals surface area contributed by atoms with E-state index < -0.39 is 0 Å². The Labute approximate surface area is 132 Å². The van der Waals surface area contributed by atoms with Crippen LogP contribution in [0.2, 0.25) is 0 Å². The van der Waals surface area contributed by atoms with E-state index in [2.05, 4.69) is 5.32 Å². The molecule has 1 aromatic rings. The van der Waals surface area contributed by atoms with Gasteiger partial charge in [0.25, 0.3) is 0 Å². The predicted octanol–water partition coefficient (Wildman–Crippen LogP) is 4.24. The van der Waals surface area contributed by atoms with E-state index in [1.807, 2.05) is 24.3 Å². The maximum absolute atomic E-state index is 13.0. The first-order valence-electron chi connectivity index (χ1n) is 8.62. The van der Waals surface area contributed by atoms with Crippen LogP contribution in [0.5, 0.6) is 5.75 Å². The Morgan fingerprint density at radius 2 is 1.73 bits per heavy atom. The molecular formula is C19H25NO2. The number of hydrogen-bond acceptors (Lipinski definition) is 2. The van der Waals surface area contributed by atoms with Crippen molar-refractivity contribution < 1.29 is 9.53 Å². The summed E-state index contributed by atoms with van der Waals surface area (Å²) in [6, 6.07) is 7.68. The molecule has 2 atom stereocenters. The lowest BCUT2D eigenvalue weighted by atomic mass is 9.61. The highest BCUT2D eigenvalue weighted by Crippen LogP contribution is 2.57. The number of amides is 1. The fraction of sp³-hybridized carbons (Fsp3) is 0.632. The molecule has 0 saturated heterocycles. The van der Waals surface area contributed by atoms with Crippen molar-refractivity contribution in [1.82, 2.24) is 0 Å². The molecule has 4 saturated carbocycles. The fourth-order valence-electron chi connectivity index (χ4n) is 5.38. The number of carbonyl (C=O) groups is 1. The van der Waals surface area contributed by atoms with Gasteiger partial charge in [-0.2, -0.15) is 0 Å². The summed E-state index contributed by atoms with van der Waals surface area (Å²) in [6.45, 7) is 0. The van der Waals surface area contributed by atoms with E-state index in [1.165, 1.54) is 25.7 Å². The lowest BCUT2D eigenvalue weighted by Crippen LogP contribution is -2.42. The van der Waals surface area contributed by atoms with Crippen molar-refractivity contribution in [3.05, 3.63) is 24.3 Å². The minimum Gasteiger partial charge on any atom is -0.497 e. The molecule has 0 aliphatic heterocycles. The zero-order valence-electron chi connectivity index (χ0n) is 13.3. The lowest BCUT2D eigenvalue weighted by Gasteiger charge is -2.44. The van der Waals surface area contributed by atoms with Crippen LogP contribution in [-0.2, 0) is 4.79 Å². The number of ether oxygens (including phenoxy) is 1. The number of fused-ring (bicyclic) bond motifs is 1. The number of rotatable bonds is 3. The van der Waals surface area contributed by atoms with Gasteiger partial charge in [0, 0.05) is 5.69 Å². The number of hydrogen-bond donors (Lipinski definition) is 1. The molecule has 1 N–H and O–H groups in total. The van der Waals surface area contributed by atoms with Gasteiger partial charge in [0.15, 0.2) is 0 Å². The standard InChI is InChI=1S/C19H25NO2/c1-22-17-4-2-16(3-5-17)20-18(21)19-7-6-13-8-14(11-19)10-15(9-13)12-19/h2-5,13-15H,6-12H2,1H3,(H,20,21)/t13?,14-,15-,19?/m1/s1. The Balaban J connectivity index is 1.53. The predicted molar refractivity (Wildman–Crippen MR) is 86.8 cm³/mol. The van der Waals surface area contributed by atoms with E-state index in [0.717, 1.165) is 48.5 Å². The van der Waals surface area contributed by atoms with Gasteiger partial charge in [-0.3, -0.25) is 4.79 Å². The largest absolute Gasteiger partial charge is 0.497 e. The molecular weight excluding hydrogens is 274 g/mol. The topological polar surface area (TPSA) is 38.3 Å². The molecule has 1 amide bonds. The van der Waals surface area contributed by atoms with Crippen LogP contribution in [0.1, 0.15) is 44.9 Å². The van der Waals surface area contributed by atoms with Crippen molar-refractivity contribution in [2.75, 3.05) is 12.4 Å². The zero-order chi connectivity index (χ0) is 15.2. The van der Waals surface area contributed by atoms with Crippen LogP contribution in [-0.4, -0.2) is 13.0 Å². The molecule has 0 unspecified atom stereocenters. The number of methoxy groups -OCH3 is 1. The maximum Gasteiger partial charge on any atom is 0.230 e. The third-order valence-corrected chi connectivity index (χ3v) is 6.22. The van der Waals surface area contributed by atoms with Crippen molar-refractivity contribution in [2.24, 2.45) is 23.2 Å². The van der Waals surface area contributed by atoms with Crippen LogP contribution in [0.15, 0.2) is 24.3 Å². The van der Waals surface area contributed by atoms with Gasteiger partial charge in [0.1, 0.15) is 5.75 Å².